The molecule has 0 aliphatic rings. The molecule has 0 fully saturated rings. The zero-order chi connectivity index (χ0) is 20.7. The minimum Gasteiger partial charge on any atom is -0.391 e. The molecule has 0 saturated carbocycles. The Morgan fingerprint density at radius 1 is 1.14 bits per heavy atom. The van der Waals surface area contributed by atoms with Crippen molar-refractivity contribution in [1.29, 1.82) is 0 Å². The molecule has 0 saturated heterocycles. The van der Waals surface area contributed by atoms with E-state index in [0.29, 0.717) is 13.0 Å². The summed E-state index contributed by atoms with van der Waals surface area (Å²) >= 11 is 0. The standard InChI is InChI=1S/C24H36N4O/c1-3-28(4-2)15-9-8-13-25-19-23-16-22(12-14-27-23)18-26-20-24(29)17-21-10-6-5-7-11-21/h5-7,10-12,14,16,18,24-25,29H,3-4,8-9,13,15,17,19-20H2,1-2H3/b26-18+. The maximum Gasteiger partial charge on any atom is 0.0775 e. The van der Waals surface area contributed by atoms with Crippen molar-refractivity contribution in [2.45, 2.75) is 45.8 Å². The van der Waals surface area contributed by atoms with Crippen LogP contribution in [0.15, 0.2) is 53.7 Å². The van der Waals surface area contributed by atoms with Crippen LogP contribution >= 0.6 is 0 Å². The molecule has 2 rings (SSSR count). The number of hydrogen-bond donors (Lipinski definition) is 2. The van der Waals surface area contributed by atoms with Gasteiger partial charge in [-0.15, -0.1) is 0 Å². The molecule has 2 N–H and O–H groups in total. The van der Waals surface area contributed by atoms with Gasteiger partial charge in [0.2, 0.25) is 0 Å². The number of aliphatic hydroxyl groups is 1. The third-order valence-corrected chi connectivity index (χ3v) is 4.99. The molecular formula is C24H36N4O. The van der Waals surface area contributed by atoms with Crippen molar-refractivity contribution in [3.8, 4) is 0 Å². The highest BCUT2D eigenvalue weighted by molar-refractivity contribution is 5.79. The van der Waals surface area contributed by atoms with Crippen LogP contribution in [0.4, 0.5) is 0 Å². The Labute approximate surface area is 175 Å². The minimum absolute atomic E-state index is 0.400. The summed E-state index contributed by atoms with van der Waals surface area (Å²) in [7, 11) is 0. The van der Waals surface area contributed by atoms with Crippen LogP contribution in [-0.4, -0.2) is 60.0 Å². The van der Waals surface area contributed by atoms with Crippen molar-refractivity contribution in [1.82, 2.24) is 15.2 Å². The molecule has 158 valence electrons. The first-order chi connectivity index (χ1) is 14.2. The number of aliphatic hydroxyl groups excluding tert-OH is 1. The number of aromatic nitrogens is 1. The molecule has 5 nitrogen and oxygen atoms in total. The van der Waals surface area contributed by atoms with E-state index in [4.69, 9.17) is 0 Å². The predicted molar refractivity (Wildman–Crippen MR) is 122 cm³/mol. The van der Waals surface area contributed by atoms with Gasteiger partial charge in [-0.25, -0.2) is 0 Å². The fraction of sp³-hybridized carbons (Fsp3) is 0.500. The number of hydrogen-bond acceptors (Lipinski definition) is 5. The third kappa shape index (κ3) is 9.79. The van der Waals surface area contributed by atoms with Gasteiger partial charge in [0, 0.05) is 25.4 Å². The Morgan fingerprint density at radius 2 is 1.93 bits per heavy atom. The lowest BCUT2D eigenvalue weighted by molar-refractivity contribution is 0.184. The number of unbranched alkanes of at least 4 members (excludes halogenated alkanes) is 1. The minimum atomic E-state index is -0.465. The zero-order valence-electron chi connectivity index (χ0n) is 17.9. The Hall–Kier alpha value is -2.08. The van der Waals surface area contributed by atoms with E-state index in [-0.39, 0.29) is 0 Å². The van der Waals surface area contributed by atoms with Gasteiger partial charge in [-0.05, 0) is 62.3 Å². The zero-order valence-corrected chi connectivity index (χ0v) is 17.9. The number of pyridine rings is 1. The fourth-order valence-electron chi connectivity index (χ4n) is 3.25. The molecule has 0 aliphatic heterocycles. The quantitative estimate of drug-likeness (QED) is 0.380. The second kappa shape index (κ2) is 14.0. The topological polar surface area (TPSA) is 60.8 Å². The Kier molecular flexibility index (Phi) is 11.2. The van der Waals surface area contributed by atoms with Gasteiger partial charge in [0.15, 0.2) is 0 Å². The second-order valence-corrected chi connectivity index (χ2v) is 7.33. The highest BCUT2D eigenvalue weighted by atomic mass is 16.3. The monoisotopic (exact) mass is 396 g/mol. The molecule has 1 heterocycles. The third-order valence-electron chi connectivity index (χ3n) is 4.99. The molecule has 0 bridgehead atoms. The molecule has 0 radical (unpaired) electrons. The molecule has 5 heteroatoms. The van der Waals surface area contributed by atoms with Gasteiger partial charge in [0.1, 0.15) is 0 Å². The molecule has 29 heavy (non-hydrogen) atoms. The van der Waals surface area contributed by atoms with Gasteiger partial charge in [0.25, 0.3) is 0 Å². The van der Waals surface area contributed by atoms with E-state index in [1.54, 1.807) is 0 Å². The smallest absolute Gasteiger partial charge is 0.0775 e. The Bertz CT molecular complexity index is 701. The van der Waals surface area contributed by atoms with E-state index < -0.39 is 6.10 Å². The highest BCUT2D eigenvalue weighted by Gasteiger charge is 2.04. The first-order valence-corrected chi connectivity index (χ1v) is 10.8. The van der Waals surface area contributed by atoms with Crippen LogP contribution in [0.5, 0.6) is 0 Å². The average molecular weight is 397 g/mol. The number of nitrogens with one attached hydrogen (secondary N) is 1. The number of rotatable bonds is 14. The van der Waals surface area contributed by atoms with Gasteiger partial charge >= 0.3 is 0 Å². The van der Waals surface area contributed by atoms with Gasteiger partial charge in [-0.3, -0.25) is 9.98 Å². The molecule has 0 amide bonds. The fourth-order valence-corrected chi connectivity index (χ4v) is 3.25. The molecule has 0 spiro atoms. The Balaban J connectivity index is 1.67. The summed E-state index contributed by atoms with van der Waals surface area (Å²) in [5.41, 5.74) is 3.16. The van der Waals surface area contributed by atoms with Crippen molar-refractivity contribution in [3.63, 3.8) is 0 Å². The van der Waals surface area contributed by atoms with E-state index in [1.807, 2.05) is 48.8 Å². The summed E-state index contributed by atoms with van der Waals surface area (Å²) in [5, 5.41) is 13.6. The van der Waals surface area contributed by atoms with Crippen molar-refractivity contribution in [3.05, 3.63) is 65.5 Å². The molecule has 1 unspecified atom stereocenters. The highest BCUT2D eigenvalue weighted by Crippen LogP contribution is 2.04. The summed E-state index contributed by atoms with van der Waals surface area (Å²) in [6.45, 7) is 10.0. The van der Waals surface area contributed by atoms with E-state index in [9.17, 15) is 5.11 Å². The van der Waals surface area contributed by atoms with Crippen LogP contribution in [-0.2, 0) is 13.0 Å². The van der Waals surface area contributed by atoms with Gasteiger partial charge < -0.3 is 15.3 Å². The lowest BCUT2D eigenvalue weighted by Gasteiger charge is -2.17. The van der Waals surface area contributed by atoms with Crippen LogP contribution in [0, 0.1) is 0 Å². The van der Waals surface area contributed by atoms with E-state index in [1.165, 1.54) is 19.4 Å². The average Bonchev–Trinajstić information content (AvgIpc) is 2.74. The number of benzene rings is 1. The van der Waals surface area contributed by atoms with Gasteiger partial charge in [-0.1, -0.05) is 44.2 Å². The normalized spacial score (nSPS) is 12.7. The molecule has 1 aromatic carbocycles. The SMILES string of the molecule is CCN(CC)CCCCNCc1cc(/C=N/CC(O)Cc2ccccc2)ccn1. The van der Waals surface area contributed by atoms with Crippen molar-refractivity contribution >= 4 is 6.21 Å². The second-order valence-electron chi connectivity index (χ2n) is 7.33. The maximum absolute atomic E-state index is 10.1. The number of aliphatic imine (C=N–C) groups is 1. The predicted octanol–water partition coefficient (Wildman–Crippen LogP) is 3.32. The summed E-state index contributed by atoms with van der Waals surface area (Å²) in [5.74, 6) is 0. The lowest BCUT2D eigenvalue weighted by Crippen LogP contribution is -2.25. The van der Waals surface area contributed by atoms with Gasteiger partial charge in [-0.2, -0.15) is 0 Å². The first-order valence-electron chi connectivity index (χ1n) is 10.8. The largest absolute Gasteiger partial charge is 0.391 e. The van der Waals surface area contributed by atoms with Crippen LogP contribution < -0.4 is 5.32 Å². The molecule has 1 aromatic heterocycles. The van der Waals surface area contributed by atoms with Crippen LogP contribution in [0.25, 0.3) is 0 Å². The Morgan fingerprint density at radius 3 is 2.69 bits per heavy atom. The molecule has 0 aliphatic carbocycles. The summed E-state index contributed by atoms with van der Waals surface area (Å²) < 4.78 is 0. The van der Waals surface area contributed by atoms with Crippen molar-refractivity contribution in [2.24, 2.45) is 4.99 Å². The summed E-state index contributed by atoms with van der Waals surface area (Å²) in [4.78, 5) is 11.3. The van der Waals surface area contributed by atoms with E-state index in [2.05, 4.69) is 40.1 Å². The van der Waals surface area contributed by atoms with Gasteiger partial charge in [0.05, 0.1) is 18.3 Å². The van der Waals surface area contributed by atoms with E-state index >= 15 is 0 Å². The maximum atomic E-state index is 10.1. The van der Waals surface area contributed by atoms with E-state index in [0.717, 1.165) is 43.0 Å². The molecule has 1 atom stereocenters. The molecule has 2 aromatic rings. The van der Waals surface area contributed by atoms with Crippen molar-refractivity contribution < 1.29 is 5.11 Å². The van der Waals surface area contributed by atoms with Crippen LogP contribution in [0.1, 0.15) is 43.5 Å². The van der Waals surface area contributed by atoms with Crippen molar-refractivity contribution in [2.75, 3.05) is 32.7 Å². The van der Waals surface area contributed by atoms with Crippen LogP contribution in [0.3, 0.4) is 0 Å². The molecular weight excluding hydrogens is 360 g/mol. The summed E-state index contributed by atoms with van der Waals surface area (Å²) in [6, 6.07) is 14.0. The summed E-state index contributed by atoms with van der Waals surface area (Å²) in [6.07, 6.45) is 6.20. The first kappa shape index (κ1) is 23.2. The van der Waals surface area contributed by atoms with Crippen LogP contribution in [0.2, 0.25) is 0 Å². The lowest BCUT2D eigenvalue weighted by atomic mass is 10.1. The number of nitrogens with zero attached hydrogens (tertiary/aromatic N) is 3.